The molecule has 3 aromatic carbocycles. The zero-order valence-corrected chi connectivity index (χ0v) is 19.7. The van der Waals surface area contributed by atoms with Gasteiger partial charge in [0, 0.05) is 35.3 Å². The number of benzene rings is 3. The standard InChI is InChI=1S/C24H20F2N6O3S/c1-15(27-23(33)28-17-7-12-20(25)21(26)13-17)22-29-30-24(36-14-16-5-3-2-4-6-16)31(22)18-8-10-19(11-9-18)32(34)35/h2-13,15H,14H2,1H3,(H2,27,28,33). The molecule has 12 heteroatoms. The normalized spacial score (nSPS) is 11.6. The van der Waals surface area contributed by atoms with Crippen LogP contribution < -0.4 is 10.6 Å². The largest absolute Gasteiger partial charge is 0.328 e. The van der Waals surface area contributed by atoms with Gasteiger partial charge in [0.2, 0.25) is 0 Å². The van der Waals surface area contributed by atoms with Crippen molar-refractivity contribution in [3.63, 3.8) is 0 Å². The van der Waals surface area contributed by atoms with Gasteiger partial charge < -0.3 is 10.6 Å². The molecule has 0 aliphatic carbocycles. The molecule has 0 aliphatic rings. The Balaban J connectivity index is 1.58. The molecule has 36 heavy (non-hydrogen) atoms. The highest BCUT2D eigenvalue weighted by molar-refractivity contribution is 7.98. The molecular formula is C24H20F2N6O3S. The molecule has 1 unspecified atom stereocenters. The molecule has 0 bridgehead atoms. The van der Waals surface area contributed by atoms with Crippen molar-refractivity contribution in [2.45, 2.75) is 23.9 Å². The summed E-state index contributed by atoms with van der Waals surface area (Å²) in [5.74, 6) is -1.13. The summed E-state index contributed by atoms with van der Waals surface area (Å²) < 4.78 is 28.3. The Bertz CT molecular complexity index is 1380. The van der Waals surface area contributed by atoms with E-state index in [1.807, 2.05) is 30.3 Å². The Morgan fingerprint density at radius 1 is 1.06 bits per heavy atom. The van der Waals surface area contributed by atoms with E-state index in [4.69, 9.17) is 0 Å². The fraction of sp³-hybridized carbons (Fsp3) is 0.125. The van der Waals surface area contributed by atoms with Crippen LogP contribution in [-0.4, -0.2) is 25.7 Å². The number of hydrogen-bond acceptors (Lipinski definition) is 6. The van der Waals surface area contributed by atoms with Gasteiger partial charge in [0.15, 0.2) is 22.6 Å². The van der Waals surface area contributed by atoms with Crippen molar-refractivity contribution >= 4 is 29.2 Å². The van der Waals surface area contributed by atoms with Crippen molar-refractivity contribution in [3.05, 3.63) is 106 Å². The van der Waals surface area contributed by atoms with Crippen molar-refractivity contribution in [1.29, 1.82) is 0 Å². The lowest BCUT2D eigenvalue weighted by atomic mass is 10.2. The van der Waals surface area contributed by atoms with Crippen LogP contribution in [0, 0.1) is 21.7 Å². The highest BCUT2D eigenvalue weighted by Gasteiger charge is 2.22. The lowest BCUT2D eigenvalue weighted by Gasteiger charge is -2.17. The summed E-state index contributed by atoms with van der Waals surface area (Å²) >= 11 is 1.42. The average molecular weight is 511 g/mol. The van der Waals surface area contributed by atoms with Gasteiger partial charge in [0.05, 0.1) is 11.0 Å². The number of carbonyl (C=O) groups is 1. The van der Waals surface area contributed by atoms with Crippen LogP contribution in [-0.2, 0) is 5.75 Å². The van der Waals surface area contributed by atoms with E-state index < -0.39 is 28.6 Å². The monoisotopic (exact) mass is 510 g/mol. The number of thioether (sulfide) groups is 1. The number of nitrogens with one attached hydrogen (secondary N) is 2. The highest BCUT2D eigenvalue weighted by atomic mass is 32.2. The third-order valence-electron chi connectivity index (χ3n) is 5.10. The summed E-state index contributed by atoms with van der Waals surface area (Å²) in [6, 6.07) is 17.3. The van der Waals surface area contributed by atoms with Crippen LogP contribution in [0.15, 0.2) is 78.0 Å². The van der Waals surface area contributed by atoms with Crippen LogP contribution in [0.3, 0.4) is 0 Å². The number of nitro benzene ring substituents is 1. The van der Waals surface area contributed by atoms with Crippen molar-refractivity contribution in [2.75, 3.05) is 5.32 Å². The minimum Gasteiger partial charge on any atom is -0.328 e. The van der Waals surface area contributed by atoms with E-state index in [0.717, 1.165) is 17.7 Å². The Labute approximate surface area is 208 Å². The van der Waals surface area contributed by atoms with Crippen LogP contribution in [0.5, 0.6) is 0 Å². The number of urea groups is 1. The van der Waals surface area contributed by atoms with Gasteiger partial charge in [-0.3, -0.25) is 14.7 Å². The Kier molecular flexibility index (Phi) is 7.54. The average Bonchev–Trinajstić information content (AvgIpc) is 3.30. The predicted octanol–water partition coefficient (Wildman–Crippen LogP) is 5.63. The molecule has 0 spiro atoms. The molecule has 0 radical (unpaired) electrons. The summed E-state index contributed by atoms with van der Waals surface area (Å²) in [4.78, 5) is 23.1. The molecule has 0 fully saturated rings. The summed E-state index contributed by atoms with van der Waals surface area (Å²) in [5.41, 5.74) is 1.66. The lowest BCUT2D eigenvalue weighted by molar-refractivity contribution is -0.384. The maximum absolute atomic E-state index is 13.5. The molecular weight excluding hydrogens is 490 g/mol. The maximum atomic E-state index is 13.5. The molecule has 0 aliphatic heterocycles. The number of anilines is 1. The van der Waals surface area contributed by atoms with Gasteiger partial charge in [-0.1, -0.05) is 42.1 Å². The van der Waals surface area contributed by atoms with E-state index in [1.165, 1.54) is 30.0 Å². The number of carbonyl (C=O) groups excluding carboxylic acids is 1. The summed E-state index contributed by atoms with van der Waals surface area (Å²) in [6.07, 6.45) is 0. The molecule has 1 heterocycles. The van der Waals surface area contributed by atoms with Crippen LogP contribution in [0.1, 0.15) is 24.4 Å². The smallest absolute Gasteiger partial charge is 0.319 e. The number of hydrogen-bond donors (Lipinski definition) is 2. The van der Waals surface area contributed by atoms with Crippen LogP contribution >= 0.6 is 11.8 Å². The number of rotatable bonds is 8. The molecule has 4 rings (SSSR count). The maximum Gasteiger partial charge on any atom is 0.319 e. The van der Waals surface area contributed by atoms with E-state index in [0.29, 0.717) is 22.4 Å². The van der Waals surface area contributed by atoms with Crippen molar-refractivity contribution in [3.8, 4) is 5.69 Å². The molecule has 2 amide bonds. The molecule has 184 valence electrons. The van der Waals surface area contributed by atoms with Gasteiger partial charge in [0.1, 0.15) is 0 Å². The van der Waals surface area contributed by atoms with Crippen LogP contribution in [0.25, 0.3) is 5.69 Å². The molecule has 2 N–H and O–H groups in total. The van der Waals surface area contributed by atoms with E-state index in [-0.39, 0.29) is 11.4 Å². The highest BCUT2D eigenvalue weighted by Crippen LogP contribution is 2.28. The Morgan fingerprint density at radius 3 is 2.44 bits per heavy atom. The molecule has 9 nitrogen and oxygen atoms in total. The first-order chi connectivity index (χ1) is 17.3. The predicted molar refractivity (Wildman–Crippen MR) is 131 cm³/mol. The number of non-ortho nitro benzene ring substituents is 1. The van der Waals surface area contributed by atoms with Gasteiger partial charge in [-0.25, -0.2) is 13.6 Å². The topological polar surface area (TPSA) is 115 Å². The first kappa shape index (κ1) is 24.8. The summed E-state index contributed by atoms with van der Waals surface area (Å²) in [6.45, 7) is 1.68. The number of nitrogens with zero attached hydrogens (tertiary/aromatic N) is 4. The van der Waals surface area contributed by atoms with Crippen LogP contribution in [0.4, 0.5) is 25.0 Å². The number of halogens is 2. The molecule has 1 aromatic heterocycles. The molecule has 4 aromatic rings. The SMILES string of the molecule is CC(NC(=O)Nc1ccc(F)c(F)c1)c1nnc(SCc2ccccc2)n1-c1ccc([N+](=O)[O-])cc1. The zero-order valence-electron chi connectivity index (χ0n) is 18.9. The summed E-state index contributed by atoms with van der Waals surface area (Å²) in [7, 11) is 0. The van der Waals surface area contributed by atoms with Crippen molar-refractivity contribution in [1.82, 2.24) is 20.1 Å². The van der Waals surface area contributed by atoms with Gasteiger partial charge in [-0.2, -0.15) is 0 Å². The van der Waals surface area contributed by atoms with E-state index in [9.17, 15) is 23.7 Å². The van der Waals surface area contributed by atoms with E-state index in [1.54, 1.807) is 23.6 Å². The fourth-order valence-electron chi connectivity index (χ4n) is 3.35. The number of aromatic nitrogens is 3. The van der Waals surface area contributed by atoms with Gasteiger partial charge in [-0.15, -0.1) is 10.2 Å². The van der Waals surface area contributed by atoms with Crippen molar-refractivity contribution < 1.29 is 18.5 Å². The third-order valence-corrected chi connectivity index (χ3v) is 6.10. The third kappa shape index (κ3) is 5.84. The molecule has 0 saturated carbocycles. The minimum atomic E-state index is -1.08. The molecule has 0 saturated heterocycles. The minimum absolute atomic E-state index is 0.0658. The van der Waals surface area contributed by atoms with Crippen molar-refractivity contribution in [2.24, 2.45) is 0 Å². The lowest BCUT2D eigenvalue weighted by Crippen LogP contribution is -2.32. The van der Waals surface area contributed by atoms with Gasteiger partial charge >= 0.3 is 6.03 Å². The summed E-state index contributed by atoms with van der Waals surface area (Å²) in [5, 5.41) is 25.3. The second kappa shape index (κ2) is 11.0. The number of nitro groups is 1. The van der Waals surface area contributed by atoms with Gasteiger partial charge in [-0.05, 0) is 36.8 Å². The first-order valence-electron chi connectivity index (χ1n) is 10.7. The molecule has 1 atom stereocenters. The number of amides is 2. The Hall–Kier alpha value is -4.32. The fourth-order valence-corrected chi connectivity index (χ4v) is 4.26. The quantitative estimate of drug-likeness (QED) is 0.180. The van der Waals surface area contributed by atoms with Crippen LogP contribution in [0.2, 0.25) is 0 Å². The first-order valence-corrected chi connectivity index (χ1v) is 11.7. The van der Waals surface area contributed by atoms with E-state index in [2.05, 4.69) is 20.8 Å². The van der Waals surface area contributed by atoms with E-state index >= 15 is 0 Å². The van der Waals surface area contributed by atoms with Gasteiger partial charge in [0.25, 0.3) is 5.69 Å². The Morgan fingerprint density at radius 2 is 1.78 bits per heavy atom. The second-order valence-corrected chi connectivity index (χ2v) is 8.62. The zero-order chi connectivity index (χ0) is 25.7. The second-order valence-electron chi connectivity index (χ2n) is 7.67.